The van der Waals surface area contributed by atoms with Crippen LogP contribution in [-0.4, -0.2) is 34.3 Å². The maximum atomic E-state index is 11.8. The van der Waals surface area contributed by atoms with E-state index in [-0.39, 0.29) is 53.1 Å². The summed E-state index contributed by atoms with van der Waals surface area (Å²) < 4.78 is 5.88. The molecule has 2 unspecified atom stereocenters. The van der Waals surface area contributed by atoms with Crippen LogP contribution in [0.3, 0.4) is 0 Å². The van der Waals surface area contributed by atoms with Crippen molar-refractivity contribution in [2.45, 2.75) is 57.5 Å². The van der Waals surface area contributed by atoms with Crippen molar-refractivity contribution in [2.24, 2.45) is 5.92 Å². The summed E-state index contributed by atoms with van der Waals surface area (Å²) in [6, 6.07) is 8.83. The van der Waals surface area contributed by atoms with Crippen LogP contribution < -0.4 is 39.4 Å². The molecule has 0 bridgehead atoms. The molecule has 0 heterocycles. The molecule has 0 amide bonds. The third-order valence-corrected chi connectivity index (χ3v) is 6.61. The van der Waals surface area contributed by atoms with E-state index in [2.05, 4.69) is 0 Å². The minimum Gasteiger partial charge on any atom is -0.550 e. The number of aliphatic hydroxyl groups excluding tert-OH is 1. The van der Waals surface area contributed by atoms with Crippen molar-refractivity contribution in [3.8, 4) is 11.5 Å². The van der Waals surface area contributed by atoms with Crippen molar-refractivity contribution in [1.82, 2.24) is 0 Å². The molecule has 34 heavy (non-hydrogen) atoms. The van der Waals surface area contributed by atoms with Gasteiger partial charge in [0.1, 0.15) is 11.5 Å². The summed E-state index contributed by atoms with van der Waals surface area (Å²) in [5.41, 5.74) is 1.43. The zero-order valence-electron chi connectivity index (χ0n) is 20.1. The first-order chi connectivity index (χ1) is 15.6. The van der Waals surface area contributed by atoms with Gasteiger partial charge in [0.05, 0.1) is 23.3 Å². The zero-order chi connectivity index (χ0) is 24.5. The van der Waals surface area contributed by atoms with Crippen LogP contribution in [0.2, 0.25) is 5.02 Å². The zero-order valence-corrected chi connectivity index (χ0v) is 23.7. The minimum absolute atomic E-state index is 0. The summed E-state index contributed by atoms with van der Waals surface area (Å²) in [4.78, 5) is 23.5. The number of phenolic OH excluding ortho intramolecular Hbond substituents is 1. The molecule has 180 valence electrons. The van der Waals surface area contributed by atoms with E-state index in [1.807, 2.05) is 19.1 Å². The first-order valence-corrected chi connectivity index (χ1v) is 12.3. The van der Waals surface area contributed by atoms with Crippen LogP contribution in [0.15, 0.2) is 35.2 Å². The van der Waals surface area contributed by atoms with E-state index >= 15 is 0 Å². The number of aliphatic carboxylic acids is 1. The Morgan fingerprint density at radius 1 is 1.24 bits per heavy atom. The van der Waals surface area contributed by atoms with Gasteiger partial charge in [-0.15, -0.1) is 11.8 Å². The quantitative estimate of drug-likeness (QED) is 0.180. The number of rotatable bonds is 13. The van der Waals surface area contributed by atoms with Crippen molar-refractivity contribution in [3.63, 3.8) is 0 Å². The summed E-state index contributed by atoms with van der Waals surface area (Å²) in [7, 11) is 0. The standard InChI is InChI=1S/C25H31ClO6S.Na/c1-4-6-19-24(31)20(16(3)27)14-21(26)25(19)32-11-5-12-33-18-9-7-17(8-10-18)23(30)15(2)13-22(28)29;/h7-10,14-15,23,30-31H,4-6,11-13H2,1-3H3,(H,28,29);/q;+1/p-1. The Morgan fingerprint density at radius 3 is 2.44 bits per heavy atom. The fourth-order valence-electron chi connectivity index (χ4n) is 3.47. The van der Waals surface area contributed by atoms with Crippen LogP contribution in [0.1, 0.15) is 67.6 Å². The molecule has 2 aromatic carbocycles. The van der Waals surface area contributed by atoms with Crippen LogP contribution in [0.4, 0.5) is 0 Å². The predicted octanol–water partition coefficient (Wildman–Crippen LogP) is 1.58. The van der Waals surface area contributed by atoms with E-state index in [0.717, 1.165) is 23.5 Å². The average Bonchev–Trinajstić information content (AvgIpc) is 2.76. The van der Waals surface area contributed by atoms with Gasteiger partial charge in [-0.2, -0.15) is 0 Å². The number of carboxylic acids is 1. The minimum atomic E-state index is -1.18. The monoisotopic (exact) mass is 516 g/mol. The molecule has 2 atom stereocenters. The topological polar surface area (TPSA) is 107 Å². The molecule has 9 heteroatoms. The summed E-state index contributed by atoms with van der Waals surface area (Å²) in [6.45, 7) is 5.44. The molecule has 0 radical (unpaired) electrons. The number of carboxylic acid groups (broad SMARTS) is 1. The molecule has 0 fully saturated rings. The van der Waals surface area contributed by atoms with E-state index in [1.165, 1.54) is 13.0 Å². The fraction of sp³-hybridized carbons (Fsp3) is 0.440. The Bertz CT molecular complexity index is 967. The van der Waals surface area contributed by atoms with Crippen molar-refractivity contribution in [1.29, 1.82) is 0 Å². The molecule has 0 spiro atoms. The number of phenols is 1. The number of halogens is 1. The average molecular weight is 517 g/mol. The summed E-state index contributed by atoms with van der Waals surface area (Å²) in [6.07, 6.45) is 0.999. The smallest absolute Gasteiger partial charge is 0.550 e. The van der Waals surface area contributed by atoms with Crippen LogP contribution >= 0.6 is 23.4 Å². The Morgan fingerprint density at radius 2 is 1.88 bits per heavy atom. The van der Waals surface area contributed by atoms with Crippen molar-refractivity contribution < 1.29 is 59.2 Å². The van der Waals surface area contributed by atoms with Crippen LogP contribution in [0, 0.1) is 5.92 Å². The van der Waals surface area contributed by atoms with Gasteiger partial charge in [-0.1, -0.05) is 44.0 Å². The molecule has 2 N–H and O–H groups in total. The number of aliphatic hydroxyl groups is 1. The number of hydrogen-bond acceptors (Lipinski definition) is 7. The number of aromatic hydroxyl groups is 1. The summed E-state index contributed by atoms with van der Waals surface area (Å²) >= 11 is 7.97. The van der Waals surface area contributed by atoms with Crippen LogP contribution in [0.5, 0.6) is 11.5 Å². The number of ether oxygens (including phenoxy) is 1. The van der Waals surface area contributed by atoms with Gasteiger partial charge in [0.2, 0.25) is 0 Å². The van der Waals surface area contributed by atoms with Gasteiger partial charge in [0, 0.05) is 22.2 Å². The normalized spacial score (nSPS) is 12.5. The van der Waals surface area contributed by atoms with E-state index in [1.54, 1.807) is 30.8 Å². The Labute approximate surface area is 232 Å². The molecule has 0 aromatic heterocycles. The van der Waals surface area contributed by atoms with Gasteiger partial charge in [-0.05, 0) is 55.9 Å². The molecule has 6 nitrogen and oxygen atoms in total. The number of Topliss-reactive ketones (excluding diaryl/α,β-unsaturated/α-hetero) is 1. The Hall–Kier alpha value is -1.22. The maximum Gasteiger partial charge on any atom is 1.00 e. The molecular weight excluding hydrogens is 487 g/mol. The predicted molar refractivity (Wildman–Crippen MR) is 128 cm³/mol. The van der Waals surface area contributed by atoms with Gasteiger partial charge in [0.25, 0.3) is 0 Å². The second-order valence-electron chi connectivity index (χ2n) is 7.99. The fourth-order valence-corrected chi connectivity index (χ4v) is 4.57. The van der Waals surface area contributed by atoms with Gasteiger partial charge in [-0.25, -0.2) is 0 Å². The number of carbonyl (C=O) groups excluding carboxylic acids is 2. The molecule has 0 saturated heterocycles. The third-order valence-electron chi connectivity index (χ3n) is 5.24. The molecule has 0 aliphatic rings. The summed E-state index contributed by atoms with van der Waals surface area (Å²) in [5.74, 6) is -0.713. The second kappa shape index (κ2) is 15.0. The SMILES string of the molecule is CCCc1c(O)c(C(C)=O)cc(Cl)c1OCCCSc1ccc(C(O)C(C)CC(=O)[O-])cc1.[Na+]. The van der Waals surface area contributed by atoms with E-state index in [9.17, 15) is 24.9 Å². The Kier molecular flexibility index (Phi) is 13.6. The number of carbonyl (C=O) groups is 2. The van der Waals surface area contributed by atoms with E-state index in [4.69, 9.17) is 16.3 Å². The molecule has 0 aliphatic heterocycles. The van der Waals surface area contributed by atoms with Crippen molar-refractivity contribution >= 4 is 35.1 Å². The Balaban J connectivity index is 0.00000578. The van der Waals surface area contributed by atoms with Crippen molar-refractivity contribution in [3.05, 3.63) is 52.0 Å². The largest absolute Gasteiger partial charge is 1.00 e. The third kappa shape index (κ3) is 8.77. The number of thioether (sulfide) groups is 1. The number of benzene rings is 2. The van der Waals surface area contributed by atoms with Crippen LogP contribution in [-0.2, 0) is 11.2 Å². The second-order valence-corrected chi connectivity index (χ2v) is 9.56. The van der Waals surface area contributed by atoms with Gasteiger partial charge < -0.3 is 24.9 Å². The first-order valence-electron chi connectivity index (χ1n) is 10.9. The first kappa shape index (κ1) is 30.8. The molecule has 0 saturated carbocycles. The molecular formula is C25H30ClNaO6S. The number of hydrogen-bond donors (Lipinski definition) is 2. The van der Waals surface area contributed by atoms with E-state index < -0.39 is 18.0 Å². The van der Waals surface area contributed by atoms with Gasteiger partial charge in [-0.3, -0.25) is 4.79 Å². The molecule has 2 rings (SSSR count). The summed E-state index contributed by atoms with van der Waals surface area (Å²) in [5, 5.41) is 31.8. The van der Waals surface area contributed by atoms with E-state index in [0.29, 0.717) is 34.9 Å². The maximum absolute atomic E-state index is 11.8. The molecule has 2 aromatic rings. The molecule has 0 aliphatic carbocycles. The van der Waals surface area contributed by atoms with Gasteiger partial charge in [0.15, 0.2) is 5.78 Å². The van der Waals surface area contributed by atoms with Gasteiger partial charge >= 0.3 is 29.6 Å². The van der Waals surface area contributed by atoms with Crippen molar-refractivity contribution in [2.75, 3.05) is 12.4 Å². The van der Waals surface area contributed by atoms with Crippen LogP contribution in [0.25, 0.3) is 0 Å². The number of ketones is 1.